The maximum Gasteiger partial charge on any atom is 0.0469 e. The minimum atomic E-state index is -0.0417. The Morgan fingerprint density at radius 3 is 1.89 bits per heavy atom. The number of hydroxylamine groups is 4. The third-order valence-corrected chi connectivity index (χ3v) is 1.17. The predicted octanol–water partition coefficient (Wildman–Crippen LogP) is 0.0169. The zero-order valence-electron chi connectivity index (χ0n) is 6.07. The molecule has 0 spiro atoms. The summed E-state index contributed by atoms with van der Waals surface area (Å²) >= 11 is 0. The summed E-state index contributed by atoms with van der Waals surface area (Å²) in [7, 11) is 3.09. The fourth-order valence-corrected chi connectivity index (χ4v) is 0.501. The van der Waals surface area contributed by atoms with Crippen molar-refractivity contribution < 1.29 is 10.4 Å². The Kier molecular flexibility index (Phi) is 3.72. The fraction of sp³-hybridized carbons (Fsp3) is 1.00. The number of hydrogen-bond donors (Lipinski definition) is 2. The molecular weight excluding hydrogens is 120 g/mol. The molecule has 2 N–H and O–H groups in total. The first-order valence-electron chi connectivity index (χ1n) is 2.85. The number of rotatable bonds is 3. The molecule has 0 heterocycles. The van der Waals surface area contributed by atoms with Crippen molar-refractivity contribution >= 4 is 0 Å². The van der Waals surface area contributed by atoms with E-state index in [4.69, 9.17) is 10.4 Å². The van der Waals surface area contributed by atoms with Crippen molar-refractivity contribution in [1.82, 2.24) is 10.1 Å². The van der Waals surface area contributed by atoms with Gasteiger partial charge in [0.15, 0.2) is 0 Å². The van der Waals surface area contributed by atoms with Crippen molar-refractivity contribution in [3.05, 3.63) is 0 Å². The Bertz CT molecular complexity index is 75.4. The summed E-state index contributed by atoms with van der Waals surface area (Å²) in [6.45, 7) is 2.25. The van der Waals surface area contributed by atoms with Gasteiger partial charge < -0.3 is 10.4 Å². The SMILES string of the molecule is CC(CN(C)O)N(C)O. The Morgan fingerprint density at radius 2 is 1.78 bits per heavy atom. The minimum Gasteiger partial charge on any atom is -0.314 e. The molecule has 0 aromatic rings. The second-order valence-corrected chi connectivity index (χ2v) is 2.26. The zero-order chi connectivity index (χ0) is 7.44. The number of nitrogens with zero attached hydrogens (tertiary/aromatic N) is 2. The van der Waals surface area contributed by atoms with Gasteiger partial charge in [0.1, 0.15) is 0 Å². The van der Waals surface area contributed by atoms with E-state index in [0.29, 0.717) is 6.54 Å². The fourth-order valence-electron chi connectivity index (χ4n) is 0.501. The molecule has 0 amide bonds. The average molecular weight is 134 g/mol. The second kappa shape index (κ2) is 3.79. The molecule has 0 saturated heterocycles. The largest absolute Gasteiger partial charge is 0.314 e. The van der Waals surface area contributed by atoms with Crippen LogP contribution in [0.4, 0.5) is 0 Å². The van der Waals surface area contributed by atoms with Gasteiger partial charge in [-0.05, 0) is 6.92 Å². The van der Waals surface area contributed by atoms with Crippen LogP contribution < -0.4 is 0 Å². The molecule has 0 bridgehead atoms. The normalized spacial score (nSPS) is 15.0. The lowest BCUT2D eigenvalue weighted by molar-refractivity contribution is -0.140. The van der Waals surface area contributed by atoms with Crippen LogP contribution in [0.5, 0.6) is 0 Å². The van der Waals surface area contributed by atoms with Crippen LogP contribution in [-0.4, -0.2) is 47.2 Å². The first-order chi connectivity index (χ1) is 4.04. The van der Waals surface area contributed by atoms with Gasteiger partial charge in [-0.3, -0.25) is 0 Å². The van der Waals surface area contributed by atoms with E-state index in [0.717, 1.165) is 10.1 Å². The van der Waals surface area contributed by atoms with Gasteiger partial charge in [0.25, 0.3) is 0 Å². The summed E-state index contributed by atoms with van der Waals surface area (Å²) in [6, 6.07) is -0.0417. The summed E-state index contributed by atoms with van der Waals surface area (Å²) in [5, 5.41) is 19.5. The van der Waals surface area contributed by atoms with E-state index in [1.165, 1.54) is 0 Å². The third kappa shape index (κ3) is 4.35. The van der Waals surface area contributed by atoms with E-state index in [1.54, 1.807) is 14.1 Å². The average Bonchev–Trinajstić information content (AvgIpc) is 1.63. The Labute approximate surface area is 55.2 Å². The Hall–Kier alpha value is -0.160. The third-order valence-electron chi connectivity index (χ3n) is 1.17. The molecule has 0 rings (SSSR count). The molecule has 0 aliphatic rings. The van der Waals surface area contributed by atoms with Gasteiger partial charge in [0, 0.05) is 26.7 Å². The van der Waals surface area contributed by atoms with E-state index in [1.807, 2.05) is 6.92 Å². The van der Waals surface area contributed by atoms with Crippen LogP contribution in [0, 0.1) is 0 Å². The van der Waals surface area contributed by atoms with Gasteiger partial charge in [-0.1, -0.05) is 0 Å². The maximum absolute atomic E-state index is 8.77. The molecule has 4 heteroatoms. The molecule has 56 valence electrons. The van der Waals surface area contributed by atoms with Crippen molar-refractivity contribution in [2.45, 2.75) is 13.0 Å². The van der Waals surface area contributed by atoms with Crippen molar-refractivity contribution in [3.63, 3.8) is 0 Å². The molecule has 0 aliphatic carbocycles. The Balaban J connectivity index is 3.38. The van der Waals surface area contributed by atoms with Gasteiger partial charge in [0.2, 0.25) is 0 Å². The molecule has 0 saturated carbocycles. The van der Waals surface area contributed by atoms with Crippen LogP contribution in [0.3, 0.4) is 0 Å². The van der Waals surface area contributed by atoms with E-state index in [9.17, 15) is 0 Å². The van der Waals surface area contributed by atoms with E-state index >= 15 is 0 Å². The summed E-state index contributed by atoms with van der Waals surface area (Å²) in [4.78, 5) is 0. The maximum atomic E-state index is 8.77. The van der Waals surface area contributed by atoms with Crippen LogP contribution in [0.2, 0.25) is 0 Å². The molecule has 0 aliphatic heterocycles. The summed E-state index contributed by atoms with van der Waals surface area (Å²) in [6.07, 6.45) is 0. The number of likely N-dealkylation sites (N-methyl/N-ethyl adjacent to an activating group) is 2. The van der Waals surface area contributed by atoms with Crippen LogP contribution in [0.15, 0.2) is 0 Å². The molecule has 1 unspecified atom stereocenters. The van der Waals surface area contributed by atoms with Gasteiger partial charge in [-0.25, -0.2) is 0 Å². The van der Waals surface area contributed by atoms with Crippen LogP contribution in [0.25, 0.3) is 0 Å². The van der Waals surface area contributed by atoms with E-state index in [2.05, 4.69) is 0 Å². The van der Waals surface area contributed by atoms with Crippen molar-refractivity contribution in [2.75, 3.05) is 20.6 Å². The van der Waals surface area contributed by atoms with Crippen molar-refractivity contribution in [1.29, 1.82) is 0 Å². The molecule has 1 atom stereocenters. The van der Waals surface area contributed by atoms with Gasteiger partial charge in [-0.15, -0.1) is 0 Å². The van der Waals surface area contributed by atoms with Crippen LogP contribution in [0.1, 0.15) is 6.92 Å². The first kappa shape index (κ1) is 8.84. The van der Waals surface area contributed by atoms with E-state index < -0.39 is 0 Å². The van der Waals surface area contributed by atoms with Crippen molar-refractivity contribution in [2.24, 2.45) is 0 Å². The van der Waals surface area contributed by atoms with Crippen LogP contribution >= 0.6 is 0 Å². The van der Waals surface area contributed by atoms with Gasteiger partial charge >= 0.3 is 0 Å². The minimum absolute atomic E-state index is 0.0417. The highest BCUT2D eigenvalue weighted by atomic mass is 16.5. The van der Waals surface area contributed by atoms with Crippen molar-refractivity contribution in [3.8, 4) is 0 Å². The molecule has 0 fully saturated rings. The highest BCUT2D eigenvalue weighted by Crippen LogP contribution is 1.90. The standard InChI is InChI=1S/C5H14N2O2/c1-5(7(3)9)4-6(2)8/h5,8-9H,4H2,1-3H3. The quantitative estimate of drug-likeness (QED) is 0.534. The smallest absolute Gasteiger partial charge is 0.0469 e. The molecular formula is C5H14N2O2. The van der Waals surface area contributed by atoms with Gasteiger partial charge in [-0.2, -0.15) is 10.1 Å². The molecule has 9 heavy (non-hydrogen) atoms. The molecule has 0 aromatic carbocycles. The predicted molar refractivity (Wildman–Crippen MR) is 33.4 cm³/mol. The zero-order valence-corrected chi connectivity index (χ0v) is 6.07. The second-order valence-electron chi connectivity index (χ2n) is 2.26. The summed E-state index contributed by atoms with van der Waals surface area (Å²) in [5.41, 5.74) is 0. The lowest BCUT2D eigenvalue weighted by Crippen LogP contribution is -2.35. The molecule has 0 aromatic heterocycles. The Morgan fingerprint density at radius 1 is 1.33 bits per heavy atom. The molecule has 0 radical (unpaired) electrons. The summed E-state index contributed by atoms with van der Waals surface area (Å²) in [5.74, 6) is 0. The first-order valence-corrected chi connectivity index (χ1v) is 2.85. The highest BCUT2D eigenvalue weighted by molar-refractivity contribution is 4.55. The van der Waals surface area contributed by atoms with Crippen LogP contribution in [-0.2, 0) is 0 Å². The number of hydrogen-bond acceptors (Lipinski definition) is 4. The summed E-state index contributed by atoms with van der Waals surface area (Å²) < 4.78 is 0. The lowest BCUT2D eigenvalue weighted by Gasteiger charge is -2.19. The molecule has 4 nitrogen and oxygen atoms in total. The monoisotopic (exact) mass is 134 g/mol. The lowest BCUT2D eigenvalue weighted by atomic mass is 10.3. The van der Waals surface area contributed by atoms with E-state index in [-0.39, 0.29) is 6.04 Å². The van der Waals surface area contributed by atoms with Gasteiger partial charge in [0.05, 0.1) is 0 Å². The highest BCUT2D eigenvalue weighted by Gasteiger charge is 2.06. The topological polar surface area (TPSA) is 46.9 Å².